The van der Waals surface area contributed by atoms with Crippen LogP contribution in [0.5, 0.6) is 5.75 Å². The van der Waals surface area contributed by atoms with Crippen LogP contribution in [0.3, 0.4) is 0 Å². The molecule has 1 aromatic heterocycles. The van der Waals surface area contributed by atoms with E-state index < -0.39 is 40.1 Å². The van der Waals surface area contributed by atoms with Gasteiger partial charge in [-0.1, -0.05) is 5.11 Å². The van der Waals surface area contributed by atoms with Crippen molar-refractivity contribution >= 4 is 17.3 Å². The second kappa shape index (κ2) is 9.03. The fourth-order valence-electron chi connectivity index (χ4n) is 3.55. The minimum Gasteiger partial charge on any atom is -0.493 e. The lowest BCUT2D eigenvalue weighted by Crippen LogP contribution is -2.44. The number of rotatable bonds is 6. The van der Waals surface area contributed by atoms with Crippen molar-refractivity contribution in [2.75, 3.05) is 26.7 Å². The number of carbonyl (C=O) groups excluding carboxylic acids is 1. The first-order valence-corrected chi connectivity index (χ1v) is 10.4. The molecular weight excluding hydrogens is 498 g/mol. The van der Waals surface area contributed by atoms with Crippen LogP contribution in [-0.2, 0) is 15.8 Å². The maximum absolute atomic E-state index is 13.8. The number of alkyl halides is 6. The number of carbonyl (C=O) groups is 1. The Morgan fingerprint density at radius 1 is 1.22 bits per heavy atom. The lowest BCUT2D eigenvalue weighted by Gasteiger charge is -2.27. The van der Waals surface area contributed by atoms with Gasteiger partial charge in [0.05, 0.1) is 23.1 Å². The molecule has 1 aromatic carbocycles. The molecule has 0 bridgehead atoms. The number of ether oxygens (including phenoxy) is 1. The van der Waals surface area contributed by atoms with E-state index in [0.29, 0.717) is 12.3 Å². The number of nitrogens with one attached hydrogen (secondary N) is 1. The average molecular weight is 515 g/mol. The summed E-state index contributed by atoms with van der Waals surface area (Å²) < 4.78 is 83.5. The van der Waals surface area contributed by atoms with Gasteiger partial charge in [0.2, 0.25) is 5.69 Å². The van der Waals surface area contributed by atoms with Crippen molar-refractivity contribution in [1.29, 1.82) is 5.26 Å². The molecular formula is C21H17F6N6O3+. The number of benzene rings is 1. The minimum absolute atomic E-state index is 0.0772. The molecule has 190 valence electrons. The van der Waals surface area contributed by atoms with Crippen LogP contribution in [0.1, 0.15) is 17.7 Å². The third-order valence-corrected chi connectivity index (χ3v) is 5.56. The van der Waals surface area contributed by atoms with Crippen LogP contribution in [0.15, 0.2) is 34.6 Å². The zero-order valence-corrected chi connectivity index (χ0v) is 18.4. The monoisotopic (exact) mass is 515 g/mol. The average Bonchev–Trinajstić information content (AvgIpc) is 3.10. The maximum atomic E-state index is 13.8. The highest BCUT2D eigenvalue weighted by Gasteiger charge is 2.51. The number of hydrogen-bond acceptors (Lipinski definition) is 8. The summed E-state index contributed by atoms with van der Waals surface area (Å²) in [4.78, 5) is 19.8. The summed E-state index contributed by atoms with van der Waals surface area (Å²) in [6, 6.07) is 5.85. The number of fused-ring (bicyclic) bond motifs is 1. The summed E-state index contributed by atoms with van der Waals surface area (Å²) in [6.07, 6.45) is -9.57. The zero-order valence-electron chi connectivity index (χ0n) is 18.4. The molecule has 1 atom stereocenters. The molecule has 0 spiro atoms. The van der Waals surface area contributed by atoms with Crippen LogP contribution < -0.4 is 14.8 Å². The van der Waals surface area contributed by atoms with Gasteiger partial charge in [0, 0.05) is 16.4 Å². The van der Waals surface area contributed by atoms with E-state index in [1.54, 1.807) is 6.07 Å². The van der Waals surface area contributed by atoms with E-state index in [-0.39, 0.29) is 29.2 Å². The summed E-state index contributed by atoms with van der Waals surface area (Å²) in [5, 5.41) is 19.6. The van der Waals surface area contributed by atoms with E-state index in [9.17, 15) is 36.4 Å². The Morgan fingerprint density at radius 2 is 1.94 bits per heavy atom. The summed E-state index contributed by atoms with van der Waals surface area (Å²) in [6.45, 7) is 1.62. The largest absolute Gasteiger partial charge is 0.497 e. The number of aromatic nitrogens is 1. The van der Waals surface area contributed by atoms with Crippen molar-refractivity contribution in [1.82, 2.24) is 15.1 Å². The summed E-state index contributed by atoms with van der Waals surface area (Å²) >= 11 is 0. The Kier molecular flexibility index (Phi) is 6.35. The molecule has 3 heterocycles. The van der Waals surface area contributed by atoms with Crippen molar-refractivity contribution in [2.45, 2.75) is 18.8 Å². The Bertz CT molecular complexity index is 1270. The van der Waals surface area contributed by atoms with Crippen molar-refractivity contribution in [2.24, 2.45) is 16.3 Å². The molecule has 4 rings (SSSR count). The summed E-state index contributed by atoms with van der Waals surface area (Å²) in [5.74, 6) is -2.65. The molecule has 15 heteroatoms. The fourth-order valence-corrected chi connectivity index (χ4v) is 3.55. The van der Waals surface area contributed by atoms with E-state index in [2.05, 4.69) is 25.5 Å². The lowest BCUT2D eigenvalue weighted by molar-refractivity contribution is -0.231. The third kappa shape index (κ3) is 4.95. The predicted octanol–water partition coefficient (Wildman–Crippen LogP) is 4.60. The van der Waals surface area contributed by atoms with Gasteiger partial charge in [-0.3, -0.25) is 0 Å². The number of hydroxylamine groups is 1. The number of pyridine rings is 1. The molecule has 1 fully saturated rings. The normalized spacial score (nSPS) is 19.4. The molecule has 1 saturated heterocycles. The number of nitrogens with zero attached hydrogens (tertiary/aromatic N) is 5. The highest BCUT2D eigenvalue weighted by atomic mass is 19.4. The quantitative estimate of drug-likeness (QED) is 0.445. The molecule has 0 amide bonds. The first-order chi connectivity index (χ1) is 16.8. The molecule has 9 nitrogen and oxygen atoms in total. The lowest BCUT2D eigenvalue weighted by atomic mass is 10.0. The Morgan fingerprint density at radius 3 is 2.53 bits per heavy atom. The highest BCUT2D eigenvalue weighted by molar-refractivity contribution is 5.80. The SMILES string of the molecule is C[N+]1(OC(=O)C(F)(F)F)N=Nc2c1cc(-c1ccc(OCCC3CNC3)c(C(F)(F)F)c1)nc2C#N. The van der Waals surface area contributed by atoms with Gasteiger partial charge in [0.15, 0.2) is 11.4 Å². The Hall–Kier alpha value is -3.77. The zero-order chi connectivity index (χ0) is 26.3. The minimum atomic E-state index is -5.35. The Labute approximate surface area is 199 Å². The van der Waals surface area contributed by atoms with Gasteiger partial charge in [-0.25, -0.2) is 14.6 Å². The van der Waals surface area contributed by atoms with Crippen LogP contribution >= 0.6 is 0 Å². The van der Waals surface area contributed by atoms with Crippen LogP contribution in [0, 0.1) is 17.2 Å². The topological polar surface area (TPSA) is 109 Å². The molecule has 0 aliphatic carbocycles. The van der Waals surface area contributed by atoms with Crippen LogP contribution in [0.4, 0.5) is 37.7 Å². The van der Waals surface area contributed by atoms with E-state index >= 15 is 0 Å². The van der Waals surface area contributed by atoms with Crippen LogP contribution in [-0.4, -0.2) is 43.9 Å². The first-order valence-electron chi connectivity index (χ1n) is 10.4. The van der Waals surface area contributed by atoms with E-state index in [1.807, 2.05) is 0 Å². The van der Waals surface area contributed by atoms with Gasteiger partial charge in [0.1, 0.15) is 18.9 Å². The summed E-state index contributed by atoms with van der Waals surface area (Å²) in [5.41, 5.74) is -2.42. The van der Waals surface area contributed by atoms with E-state index in [0.717, 1.165) is 38.3 Å². The van der Waals surface area contributed by atoms with E-state index in [1.165, 1.54) is 6.07 Å². The summed E-state index contributed by atoms with van der Waals surface area (Å²) in [7, 11) is 0.944. The predicted molar refractivity (Wildman–Crippen MR) is 110 cm³/mol. The van der Waals surface area contributed by atoms with Crippen molar-refractivity contribution in [3.05, 3.63) is 35.5 Å². The molecule has 2 aliphatic heterocycles. The van der Waals surface area contributed by atoms with Gasteiger partial charge in [-0.05, 0) is 43.6 Å². The van der Waals surface area contributed by atoms with Crippen molar-refractivity contribution in [3.8, 4) is 23.1 Å². The molecule has 0 radical (unpaired) electrons. The van der Waals surface area contributed by atoms with Gasteiger partial charge >= 0.3 is 18.3 Å². The fraction of sp³-hybridized carbons (Fsp3) is 0.381. The molecule has 0 saturated carbocycles. The van der Waals surface area contributed by atoms with Gasteiger partial charge in [-0.15, -0.1) is 0 Å². The highest BCUT2D eigenvalue weighted by Crippen LogP contribution is 2.45. The molecule has 2 aliphatic rings. The Balaban J connectivity index is 1.70. The second-order valence-corrected chi connectivity index (χ2v) is 8.15. The number of quaternary nitrogens is 1. The third-order valence-electron chi connectivity index (χ3n) is 5.56. The number of halogens is 6. The standard InChI is InChI=1S/C21H17F6N6O3/c1-33(36-19(34)21(25,26)27)16-7-14(30-15(8-28)18(16)31-32-33)12-2-3-17(13(6-12)20(22,23)24)35-5-4-11-9-29-10-11/h2-3,6-7,11,29H,4-5,9-10H2,1H3/q+1. The van der Waals surface area contributed by atoms with Crippen LogP contribution in [0.25, 0.3) is 11.3 Å². The smallest absolute Gasteiger partial charge is 0.493 e. The number of nitriles is 1. The molecule has 1 N–H and O–H groups in total. The van der Waals surface area contributed by atoms with Gasteiger partial charge < -0.3 is 10.1 Å². The van der Waals surface area contributed by atoms with Crippen molar-refractivity contribution in [3.63, 3.8) is 0 Å². The molecule has 1 unspecified atom stereocenters. The van der Waals surface area contributed by atoms with Crippen molar-refractivity contribution < 1.29 is 40.7 Å². The van der Waals surface area contributed by atoms with Gasteiger partial charge in [0.25, 0.3) is 0 Å². The first kappa shape index (κ1) is 25.3. The van der Waals surface area contributed by atoms with Gasteiger partial charge in [-0.2, -0.15) is 31.6 Å². The van der Waals surface area contributed by atoms with Crippen LogP contribution in [0.2, 0.25) is 0 Å². The molecule has 36 heavy (non-hydrogen) atoms. The molecule has 2 aromatic rings. The maximum Gasteiger partial charge on any atom is 0.497 e. The van der Waals surface area contributed by atoms with E-state index in [4.69, 9.17) is 4.74 Å². The second-order valence-electron chi connectivity index (χ2n) is 8.15. The number of hydrogen-bond donors (Lipinski definition) is 1.